The first-order valence-electron chi connectivity index (χ1n) is 9.15. The summed E-state index contributed by atoms with van der Waals surface area (Å²) < 4.78 is 18.7. The number of nitrogens with zero attached hydrogens (tertiary/aromatic N) is 3. The van der Waals surface area contributed by atoms with E-state index in [1.807, 2.05) is 18.5 Å². The fourth-order valence-electron chi connectivity index (χ4n) is 3.61. The summed E-state index contributed by atoms with van der Waals surface area (Å²) in [5.74, 6) is 0.439. The van der Waals surface area contributed by atoms with Gasteiger partial charge >= 0.3 is 0 Å². The maximum absolute atomic E-state index is 13.1. The van der Waals surface area contributed by atoms with E-state index in [9.17, 15) is 4.39 Å². The Bertz CT molecular complexity index is 832. The number of pyridine rings is 1. The molecule has 0 spiro atoms. The summed E-state index contributed by atoms with van der Waals surface area (Å²) in [6.45, 7) is 1.93. The Morgan fingerprint density at radius 3 is 2.65 bits per heavy atom. The van der Waals surface area contributed by atoms with E-state index >= 15 is 0 Å². The van der Waals surface area contributed by atoms with Gasteiger partial charge in [0.1, 0.15) is 11.5 Å². The fraction of sp³-hybridized carbons (Fsp3) is 0.333. The van der Waals surface area contributed by atoms with Crippen molar-refractivity contribution in [3.63, 3.8) is 0 Å². The molecule has 0 amide bonds. The van der Waals surface area contributed by atoms with Crippen molar-refractivity contribution >= 4 is 0 Å². The first-order chi connectivity index (χ1) is 12.8. The second-order valence-corrected chi connectivity index (χ2v) is 6.81. The van der Waals surface area contributed by atoms with Crippen molar-refractivity contribution < 1.29 is 8.91 Å². The lowest BCUT2D eigenvalue weighted by Gasteiger charge is -2.28. The Morgan fingerprint density at radius 2 is 1.85 bits per heavy atom. The number of likely N-dealkylation sites (tertiary alicyclic amines) is 1. The van der Waals surface area contributed by atoms with E-state index in [4.69, 9.17) is 4.52 Å². The van der Waals surface area contributed by atoms with Gasteiger partial charge in [-0.1, -0.05) is 18.0 Å². The molecule has 0 saturated carbocycles. The number of hydrogen-bond donors (Lipinski definition) is 0. The summed E-state index contributed by atoms with van der Waals surface area (Å²) in [6.07, 6.45) is 8.38. The summed E-state index contributed by atoms with van der Waals surface area (Å²) in [5, 5.41) is 4.35. The van der Waals surface area contributed by atoms with Gasteiger partial charge in [0.2, 0.25) is 0 Å². The van der Waals surface area contributed by atoms with E-state index in [2.05, 4.69) is 27.2 Å². The van der Waals surface area contributed by atoms with Gasteiger partial charge in [-0.15, -0.1) is 0 Å². The largest absolute Gasteiger partial charge is 0.356 e. The second-order valence-electron chi connectivity index (χ2n) is 6.81. The molecule has 1 saturated heterocycles. The van der Waals surface area contributed by atoms with E-state index in [-0.39, 0.29) is 11.9 Å². The van der Waals surface area contributed by atoms with Crippen LogP contribution in [0.4, 0.5) is 4.39 Å². The molecule has 4 nitrogen and oxygen atoms in total. The molecule has 1 aliphatic rings. The van der Waals surface area contributed by atoms with E-state index < -0.39 is 0 Å². The predicted molar refractivity (Wildman–Crippen MR) is 97.8 cm³/mol. The summed E-state index contributed by atoms with van der Waals surface area (Å²) >= 11 is 0. The molecular formula is C21H22FN3O. The zero-order valence-electron chi connectivity index (χ0n) is 14.6. The van der Waals surface area contributed by atoms with Crippen LogP contribution >= 0.6 is 0 Å². The van der Waals surface area contributed by atoms with Gasteiger partial charge in [-0.2, -0.15) is 0 Å². The summed E-state index contributed by atoms with van der Waals surface area (Å²) in [4.78, 5) is 6.59. The van der Waals surface area contributed by atoms with Crippen LogP contribution in [0.1, 0.15) is 43.0 Å². The molecule has 0 bridgehead atoms. The molecule has 4 rings (SSSR count). The topological polar surface area (TPSA) is 42.2 Å². The van der Waals surface area contributed by atoms with Crippen molar-refractivity contribution in [3.8, 4) is 11.3 Å². The van der Waals surface area contributed by atoms with Crippen LogP contribution in [0.25, 0.3) is 11.3 Å². The molecule has 0 N–H and O–H groups in total. The number of rotatable bonds is 4. The number of benzene rings is 1. The molecule has 1 atom stereocenters. The highest BCUT2D eigenvalue weighted by molar-refractivity contribution is 5.57. The number of hydrogen-bond acceptors (Lipinski definition) is 4. The van der Waals surface area contributed by atoms with Crippen molar-refractivity contribution in [1.29, 1.82) is 0 Å². The Balaban J connectivity index is 1.58. The van der Waals surface area contributed by atoms with Crippen LogP contribution in [0.15, 0.2) is 59.4 Å². The molecule has 1 aromatic carbocycles. The molecular weight excluding hydrogens is 329 g/mol. The average molecular weight is 351 g/mol. The third-order valence-electron chi connectivity index (χ3n) is 5.00. The monoisotopic (exact) mass is 351 g/mol. The molecule has 3 aromatic rings. The van der Waals surface area contributed by atoms with Crippen molar-refractivity contribution in [3.05, 3.63) is 71.9 Å². The lowest BCUT2D eigenvalue weighted by molar-refractivity contribution is 0.184. The standard InChI is InChI=1S/C21H22FN3O/c22-18-7-5-17(6-8-18)21-14-19(24-26-21)20-4-2-1-3-13-25(20)15-16-9-11-23-12-10-16/h5-12,14,20H,1-4,13,15H2/t20-/m0/s1. The Kier molecular flexibility index (Phi) is 5.07. The molecule has 1 fully saturated rings. The highest BCUT2D eigenvalue weighted by atomic mass is 19.1. The first-order valence-corrected chi connectivity index (χ1v) is 9.15. The van der Waals surface area contributed by atoms with Crippen molar-refractivity contribution in [2.75, 3.05) is 6.54 Å². The Labute approximate surface area is 152 Å². The predicted octanol–water partition coefficient (Wildman–Crippen LogP) is 4.99. The third-order valence-corrected chi connectivity index (χ3v) is 5.00. The molecule has 0 unspecified atom stereocenters. The lowest BCUT2D eigenvalue weighted by Crippen LogP contribution is -2.28. The maximum atomic E-state index is 13.1. The quantitative estimate of drug-likeness (QED) is 0.664. The molecule has 26 heavy (non-hydrogen) atoms. The maximum Gasteiger partial charge on any atom is 0.167 e. The van der Waals surface area contributed by atoms with Crippen molar-refractivity contribution in [1.82, 2.24) is 15.0 Å². The minimum atomic E-state index is -0.249. The zero-order valence-corrected chi connectivity index (χ0v) is 14.6. The number of aromatic nitrogens is 2. The van der Waals surface area contributed by atoms with Gasteiger partial charge in [0.25, 0.3) is 0 Å². The third kappa shape index (κ3) is 3.83. The minimum absolute atomic E-state index is 0.239. The van der Waals surface area contributed by atoms with Gasteiger partial charge in [-0.05, 0) is 61.3 Å². The van der Waals surface area contributed by atoms with E-state index in [1.165, 1.54) is 37.0 Å². The van der Waals surface area contributed by atoms with Crippen LogP contribution in [0.5, 0.6) is 0 Å². The van der Waals surface area contributed by atoms with Gasteiger partial charge in [-0.3, -0.25) is 9.88 Å². The van der Waals surface area contributed by atoms with Crippen LogP contribution in [0.2, 0.25) is 0 Å². The van der Waals surface area contributed by atoms with E-state index in [0.717, 1.165) is 30.8 Å². The van der Waals surface area contributed by atoms with E-state index in [1.54, 1.807) is 12.1 Å². The molecule has 3 heterocycles. The molecule has 0 aliphatic carbocycles. The van der Waals surface area contributed by atoms with Crippen LogP contribution in [0.3, 0.4) is 0 Å². The lowest BCUT2D eigenvalue weighted by atomic mass is 10.0. The summed E-state index contributed by atoms with van der Waals surface area (Å²) in [7, 11) is 0. The normalized spacial score (nSPS) is 18.6. The second kappa shape index (κ2) is 7.79. The zero-order chi connectivity index (χ0) is 17.8. The number of halogens is 1. The van der Waals surface area contributed by atoms with Crippen LogP contribution in [-0.2, 0) is 6.54 Å². The highest BCUT2D eigenvalue weighted by Gasteiger charge is 2.26. The average Bonchev–Trinajstić information content (AvgIpc) is 3.04. The smallest absolute Gasteiger partial charge is 0.167 e. The van der Waals surface area contributed by atoms with Gasteiger partial charge in [0.15, 0.2) is 5.76 Å². The first kappa shape index (κ1) is 16.9. The van der Waals surface area contributed by atoms with Crippen LogP contribution in [0, 0.1) is 5.82 Å². The molecule has 134 valence electrons. The van der Waals surface area contributed by atoms with Gasteiger partial charge < -0.3 is 4.52 Å². The fourth-order valence-corrected chi connectivity index (χ4v) is 3.61. The minimum Gasteiger partial charge on any atom is -0.356 e. The Hall–Kier alpha value is -2.53. The Morgan fingerprint density at radius 1 is 1.04 bits per heavy atom. The molecule has 2 aromatic heterocycles. The van der Waals surface area contributed by atoms with Crippen molar-refractivity contribution in [2.45, 2.75) is 38.3 Å². The van der Waals surface area contributed by atoms with Gasteiger partial charge in [0, 0.05) is 30.6 Å². The van der Waals surface area contributed by atoms with Crippen molar-refractivity contribution in [2.24, 2.45) is 0 Å². The van der Waals surface area contributed by atoms with Gasteiger partial charge in [-0.25, -0.2) is 4.39 Å². The highest BCUT2D eigenvalue weighted by Crippen LogP contribution is 2.33. The van der Waals surface area contributed by atoms with E-state index in [0.29, 0.717) is 5.76 Å². The SMILES string of the molecule is Fc1ccc(-c2cc([C@@H]3CCCCCN3Cc3ccncc3)no2)cc1. The molecule has 5 heteroatoms. The summed E-state index contributed by atoms with van der Waals surface area (Å²) in [5.41, 5.74) is 3.06. The van der Waals surface area contributed by atoms with Crippen LogP contribution in [-0.4, -0.2) is 21.6 Å². The summed E-state index contributed by atoms with van der Waals surface area (Å²) in [6, 6.07) is 12.7. The van der Waals surface area contributed by atoms with Crippen LogP contribution < -0.4 is 0 Å². The van der Waals surface area contributed by atoms with Gasteiger partial charge in [0.05, 0.1) is 6.04 Å². The molecule has 1 aliphatic heterocycles. The molecule has 0 radical (unpaired) electrons.